The van der Waals surface area contributed by atoms with Crippen molar-refractivity contribution in [2.45, 2.75) is 50.2 Å². The van der Waals surface area contributed by atoms with Gasteiger partial charge in [-0.3, -0.25) is 9.59 Å². The summed E-state index contributed by atoms with van der Waals surface area (Å²) in [6, 6.07) is 28.0. The fourth-order valence-corrected chi connectivity index (χ4v) is 6.03. The van der Waals surface area contributed by atoms with Crippen LogP contribution in [0.15, 0.2) is 108 Å². The molecule has 1 atom stereocenters. The fourth-order valence-electron chi connectivity index (χ4n) is 4.79. The SMILES string of the molecule is CCNS(=O)(=O)c1ccc(CCC(=O)N(Cc2ccc(F)cc2)C(Cc2ccccc2)C(=O)NCc2ccccc2Cl)cc1. The summed E-state index contributed by atoms with van der Waals surface area (Å²) in [6.07, 6.45) is 0.669. The van der Waals surface area contributed by atoms with Gasteiger partial charge in [-0.2, -0.15) is 0 Å². The number of sulfonamides is 1. The van der Waals surface area contributed by atoms with Crippen LogP contribution in [0, 0.1) is 5.82 Å². The summed E-state index contributed by atoms with van der Waals surface area (Å²) in [5, 5.41) is 3.48. The molecule has 0 bridgehead atoms. The molecule has 2 N–H and O–H groups in total. The molecular weight excluding hydrogens is 601 g/mol. The molecule has 1 unspecified atom stereocenters. The topological polar surface area (TPSA) is 95.6 Å². The Labute approximate surface area is 263 Å². The van der Waals surface area contributed by atoms with E-state index in [0.29, 0.717) is 17.0 Å². The van der Waals surface area contributed by atoms with Gasteiger partial charge in [0.1, 0.15) is 11.9 Å². The highest BCUT2D eigenvalue weighted by molar-refractivity contribution is 7.89. The summed E-state index contributed by atoms with van der Waals surface area (Å²) in [7, 11) is -3.59. The zero-order valence-corrected chi connectivity index (χ0v) is 26.0. The molecule has 0 spiro atoms. The molecule has 7 nitrogen and oxygen atoms in total. The highest BCUT2D eigenvalue weighted by Gasteiger charge is 2.30. The summed E-state index contributed by atoms with van der Waals surface area (Å²) in [5.41, 5.74) is 3.07. The predicted octanol–water partition coefficient (Wildman–Crippen LogP) is 5.67. The first-order valence-corrected chi connectivity index (χ1v) is 16.2. The monoisotopic (exact) mass is 635 g/mol. The van der Waals surface area contributed by atoms with E-state index in [1.54, 1.807) is 37.3 Å². The Morgan fingerprint density at radius 3 is 2.14 bits per heavy atom. The Hall–Kier alpha value is -4.05. The first-order valence-electron chi connectivity index (χ1n) is 14.3. The molecule has 10 heteroatoms. The van der Waals surface area contributed by atoms with Crippen LogP contribution in [-0.2, 0) is 45.5 Å². The average Bonchev–Trinajstić information content (AvgIpc) is 3.02. The number of halogens is 2. The Kier molecular flexibility index (Phi) is 11.7. The van der Waals surface area contributed by atoms with Gasteiger partial charge in [0.15, 0.2) is 0 Å². The first kappa shape index (κ1) is 32.9. The standard InChI is InChI=1S/C34H35ClFN3O4S/c1-2-38-44(42,43)30-19-14-25(15-20-30)16-21-33(40)39(24-27-12-17-29(36)18-13-27)32(22-26-8-4-3-5-9-26)34(41)37-23-28-10-6-7-11-31(28)35/h3-15,17-20,32,38H,2,16,21-24H2,1H3,(H,37,41). The number of nitrogens with one attached hydrogen (secondary N) is 2. The van der Waals surface area contributed by atoms with Crippen LogP contribution in [0.3, 0.4) is 0 Å². The maximum atomic E-state index is 13.9. The smallest absolute Gasteiger partial charge is 0.243 e. The van der Waals surface area contributed by atoms with Crippen LogP contribution in [0.25, 0.3) is 0 Å². The Bertz CT molecular complexity index is 1650. The number of amides is 2. The van der Waals surface area contributed by atoms with Gasteiger partial charge < -0.3 is 10.2 Å². The van der Waals surface area contributed by atoms with Gasteiger partial charge in [-0.15, -0.1) is 0 Å². The minimum Gasteiger partial charge on any atom is -0.350 e. The molecule has 0 aliphatic carbocycles. The molecule has 4 aromatic carbocycles. The summed E-state index contributed by atoms with van der Waals surface area (Å²) in [5.74, 6) is -1.01. The van der Waals surface area contributed by atoms with Crippen LogP contribution < -0.4 is 10.0 Å². The van der Waals surface area contributed by atoms with Crippen molar-refractivity contribution in [1.82, 2.24) is 14.9 Å². The molecule has 230 valence electrons. The number of carbonyl (C=O) groups excluding carboxylic acids is 2. The van der Waals surface area contributed by atoms with Gasteiger partial charge in [-0.1, -0.05) is 91.3 Å². The number of hydrogen-bond acceptors (Lipinski definition) is 4. The van der Waals surface area contributed by atoms with E-state index < -0.39 is 21.9 Å². The van der Waals surface area contributed by atoms with Gasteiger partial charge in [0.25, 0.3) is 0 Å². The van der Waals surface area contributed by atoms with Gasteiger partial charge in [0, 0.05) is 37.5 Å². The van der Waals surface area contributed by atoms with E-state index in [-0.39, 0.29) is 49.2 Å². The average molecular weight is 636 g/mol. The zero-order chi connectivity index (χ0) is 31.5. The van der Waals surface area contributed by atoms with Crippen molar-refractivity contribution in [3.05, 3.63) is 136 Å². The lowest BCUT2D eigenvalue weighted by molar-refractivity contribution is -0.141. The number of benzene rings is 4. The third kappa shape index (κ3) is 9.22. The number of rotatable bonds is 14. The summed E-state index contributed by atoms with van der Waals surface area (Å²) < 4.78 is 40.8. The van der Waals surface area contributed by atoms with Crippen LogP contribution in [0.5, 0.6) is 0 Å². The van der Waals surface area contributed by atoms with Crippen molar-refractivity contribution in [2.24, 2.45) is 0 Å². The van der Waals surface area contributed by atoms with E-state index in [0.717, 1.165) is 16.7 Å². The number of aryl methyl sites for hydroxylation is 1. The second-order valence-corrected chi connectivity index (χ2v) is 12.5. The van der Waals surface area contributed by atoms with Gasteiger partial charge in [-0.05, 0) is 59.0 Å². The Morgan fingerprint density at radius 2 is 1.48 bits per heavy atom. The molecule has 0 aliphatic rings. The molecule has 44 heavy (non-hydrogen) atoms. The van der Waals surface area contributed by atoms with E-state index in [9.17, 15) is 22.4 Å². The maximum absolute atomic E-state index is 13.9. The molecular formula is C34H35ClFN3O4S. The quantitative estimate of drug-likeness (QED) is 0.187. The van der Waals surface area contributed by atoms with Crippen molar-refractivity contribution in [2.75, 3.05) is 6.54 Å². The summed E-state index contributed by atoms with van der Waals surface area (Å²) in [4.78, 5) is 29.4. The van der Waals surface area contributed by atoms with Crippen LogP contribution in [0.2, 0.25) is 5.02 Å². The highest BCUT2D eigenvalue weighted by Crippen LogP contribution is 2.19. The van der Waals surface area contributed by atoms with Gasteiger partial charge in [0.2, 0.25) is 21.8 Å². The largest absolute Gasteiger partial charge is 0.350 e. The van der Waals surface area contributed by atoms with Crippen molar-refractivity contribution >= 4 is 33.4 Å². The minimum atomic E-state index is -3.59. The van der Waals surface area contributed by atoms with E-state index in [4.69, 9.17) is 11.6 Å². The number of hydrogen-bond donors (Lipinski definition) is 2. The predicted molar refractivity (Wildman–Crippen MR) is 170 cm³/mol. The Morgan fingerprint density at radius 1 is 0.841 bits per heavy atom. The lowest BCUT2D eigenvalue weighted by Gasteiger charge is -2.32. The normalized spacial score (nSPS) is 12.0. The first-order chi connectivity index (χ1) is 21.2. The lowest BCUT2D eigenvalue weighted by Crippen LogP contribution is -2.50. The second-order valence-electron chi connectivity index (χ2n) is 10.3. The van der Waals surface area contributed by atoms with E-state index in [1.165, 1.54) is 29.2 Å². The van der Waals surface area contributed by atoms with Gasteiger partial charge in [-0.25, -0.2) is 17.5 Å². The molecule has 0 fully saturated rings. The van der Waals surface area contributed by atoms with Crippen LogP contribution >= 0.6 is 11.6 Å². The molecule has 0 aliphatic heterocycles. The van der Waals surface area contributed by atoms with Gasteiger partial charge in [0.05, 0.1) is 4.90 Å². The minimum absolute atomic E-state index is 0.0730. The van der Waals surface area contributed by atoms with Crippen LogP contribution in [-0.4, -0.2) is 37.7 Å². The van der Waals surface area contributed by atoms with Crippen molar-refractivity contribution < 1.29 is 22.4 Å². The fraction of sp³-hybridized carbons (Fsp3) is 0.235. The molecule has 2 amide bonds. The van der Waals surface area contributed by atoms with Gasteiger partial charge >= 0.3 is 0 Å². The van der Waals surface area contributed by atoms with Crippen LogP contribution in [0.1, 0.15) is 35.6 Å². The van der Waals surface area contributed by atoms with E-state index >= 15 is 0 Å². The Balaban J connectivity index is 1.59. The van der Waals surface area contributed by atoms with E-state index in [2.05, 4.69) is 10.0 Å². The summed E-state index contributed by atoms with van der Waals surface area (Å²) >= 11 is 6.32. The lowest BCUT2D eigenvalue weighted by atomic mass is 10.0. The van der Waals surface area contributed by atoms with Crippen molar-refractivity contribution in [1.29, 1.82) is 0 Å². The third-order valence-electron chi connectivity index (χ3n) is 7.14. The molecule has 0 radical (unpaired) electrons. The molecule has 0 saturated heterocycles. The molecule has 0 saturated carbocycles. The molecule has 4 rings (SSSR count). The summed E-state index contributed by atoms with van der Waals surface area (Å²) in [6.45, 7) is 2.26. The molecule has 0 aromatic heterocycles. The van der Waals surface area contributed by atoms with Crippen molar-refractivity contribution in [3.63, 3.8) is 0 Å². The van der Waals surface area contributed by atoms with Crippen molar-refractivity contribution in [3.8, 4) is 0 Å². The third-order valence-corrected chi connectivity index (χ3v) is 9.07. The number of carbonyl (C=O) groups is 2. The highest BCUT2D eigenvalue weighted by atomic mass is 35.5. The number of nitrogens with zero attached hydrogens (tertiary/aromatic N) is 1. The zero-order valence-electron chi connectivity index (χ0n) is 24.4. The second kappa shape index (κ2) is 15.6. The maximum Gasteiger partial charge on any atom is 0.243 e. The van der Waals surface area contributed by atoms with E-state index in [1.807, 2.05) is 48.5 Å². The molecule has 0 heterocycles. The molecule has 4 aromatic rings. The van der Waals surface area contributed by atoms with Crippen LogP contribution in [0.4, 0.5) is 4.39 Å².